The number of nitrogens with one attached hydrogen (secondary N) is 1. The fourth-order valence-corrected chi connectivity index (χ4v) is 5.19. The number of nitrogens with zero attached hydrogens (tertiary/aromatic N) is 3. The van der Waals surface area contributed by atoms with Crippen LogP contribution in [0.4, 0.5) is 11.4 Å². The van der Waals surface area contributed by atoms with Crippen LogP contribution in [0.3, 0.4) is 0 Å². The average Bonchev–Trinajstić information content (AvgIpc) is 3.20. The number of hydrogen-bond acceptors (Lipinski definition) is 5. The molecule has 0 atom stereocenters. The molecule has 0 fully saturated rings. The summed E-state index contributed by atoms with van der Waals surface area (Å²) in [4.78, 5) is 33.3. The Morgan fingerprint density at radius 2 is 1.90 bits per heavy atom. The molecule has 2 aliphatic heterocycles. The molecule has 1 amide bonds. The number of halogens is 1. The minimum atomic E-state index is -0.239. The molecule has 6 nitrogen and oxygen atoms in total. The van der Waals surface area contributed by atoms with Crippen LogP contribution in [-0.2, 0) is 11.5 Å². The lowest BCUT2D eigenvalue weighted by atomic mass is 10.0. The van der Waals surface area contributed by atoms with Crippen LogP contribution in [0.2, 0.25) is 5.02 Å². The third-order valence-corrected chi connectivity index (χ3v) is 7.04. The van der Waals surface area contributed by atoms with E-state index < -0.39 is 0 Å². The molecule has 30 heavy (non-hydrogen) atoms. The van der Waals surface area contributed by atoms with E-state index in [9.17, 15) is 9.59 Å². The molecule has 1 aromatic heterocycles. The Balaban J connectivity index is 1.65. The summed E-state index contributed by atoms with van der Waals surface area (Å²) in [6.07, 6.45) is 0. The molecule has 2 aliphatic rings. The van der Waals surface area contributed by atoms with Gasteiger partial charge in [-0.1, -0.05) is 40.6 Å². The summed E-state index contributed by atoms with van der Waals surface area (Å²) in [5, 5.41) is 3.60. The lowest BCUT2D eigenvalue weighted by Crippen LogP contribution is -2.43. The summed E-state index contributed by atoms with van der Waals surface area (Å²) in [5.74, 6) is -0.239. The molecule has 0 saturated heterocycles. The van der Waals surface area contributed by atoms with E-state index in [1.165, 1.54) is 11.3 Å². The van der Waals surface area contributed by atoms with Crippen molar-refractivity contribution in [3.63, 3.8) is 0 Å². The summed E-state index contributed by atoms with van der Waals surface area (Å²) in [7, 11) is 0. The maximum Gasteiger partial charge on any atom is 0.272 e. The lowest BCUT2D eigenvalue weighted by molar-refractivity contribution is -0.110. The number of benzene rings is 2. The van der Waals surface area contributed by atoms with E-state index in [-0.39, 0.29) is 11.5 Å². The van der Waals surface area contributed by atoms with Crippen LogP contribution in [0, 0.1) is 20.8 Å². The van der Waals surface area contributed by atoms with Gasteiger partial charge in [-0.2, -0.15) is 0 Å². The van der Waals surface area contributed by atoms with E-state index in [4.69, 9.17) is 11.6 Å². The molecule has 2 aromatic carbocycles. The fourth-order valence-electron chi connectivity index (χ4n) is 3.96. The molecule has 8 heteroatoms. The van der Waals surface area contributed by atoms with Crippen molar-refractivity contribution in [3.8, 4) is 0 Å². The number of carbonyl (C=O) groups is 1. The van der Waals surface area contributed by atoms with Gasteiger partial charge in [0.1, 0.15) is 17.9 Å². The smallest absolute Gasteiger partial charge is 0.272 e. The standard InChI is InChI=1S/C22H19ClN4O2S/c1-11-6-13(3)18-15(7-11)17(20(28)25-18)19-21(29)27-10-26(9-24-22(27)30-19)14-5-4-12(2)16(23)8-14/h4-8H,9-10H2,1-3H3,(H,25,28)/b19-17-. The summed E-state index contributed by atoms with van der Waals surface area (Å²) < 4.78 is 2.05. The first-order valence-corrected chi connectivity index (χ1v) is 10.8. The normalized spacial score (nSPS) is 16.8. The summed E-state index contributed by atoms with van der Waals surface area (Å²) in [5.41, 5.74) is 5.75. The molecule has 3 heterocycles. The van der Waals surface area contributed by atoms with Crippen molar-refractivity contribution in [2.75, 3.05) is 16.9 Å². The van der Waals surface area contributed by atoms with E-state index in [1.54, 1.807) is 4.57 Å². The van der Waals surface area contributed by atoms with Crippen LogP contribution in [0.1, 0.15) is 22.3 Å². The third kappa shape index (κ3) is 2.88. The zero-order valence-electron chi connectivity index (χ0n) is 16.7. The zero-order chi connectivity index (χ0) is 21.2. The van der Waals surface area contributed by atoms with Gasteiger partial charge in [0.15, 0.2) is 4.80 Å². The monoisotopic (exact) mass is 438 g/mol. The number of fused-ring (bicyclic) bond motifs is 2. The molecule has 0 saturated carbocycles. The van der Waals surface area contributed by atoms with Crippen molar-refractivity contribution in [2.45, 2.75) is 27.4 Å². The molecule has 0 bridgehead atoms. The Bertz CT molecular complexity index is 1420. The lowest BCUT2D eigenvalue weighted by Gasteiger charge is -2.26. The van der Waals surface area contributed by atoms with Crippen molar-refractivity contribution < 1.29 is 4.79 Å². The van der Waals surface area contributed by atoms with Gasteiger partial charge in [-0.05, 0) is 50.1 Å². The van der Waals surface area contributed by atoms with Crippen molar-refractivity contribution in [1.82, 2.24) is 4.57 Å². The molecular weight excluding hydrogens is 420 g/mol. The van der Waals surface area contributed by atoms with E-state index in [0.29, 0.717) is 33.3 Å². The SMILES string of the molecule is Cc1cc(C)c2c(c1)/C(=c1/sc3n(c1=O)CN(c1ccc(C)c(Cl)c1)CN=3)C(=O)N2. The second-order valence-corrected chi connectivity index (χ2v) is 9.08. The molecule has 3 aromatic rings. The van der Waals surface area contributed by atoms with Gasteiger partial charge in [0, 0.05) is 16.3 Å². The van der Waals surface area contributed by atoms with Crippen LogP contribution in [0.5, 0.6) is 0 Å². The van der Waals surface area contributed by atoms with Gasteiger partial charge in [-0.15, -0.1) is 0 Å². The molecular formula is C22H19ClN4O2S. The van der Waals surface area contributed by atoms with Crippen LogP contribution in [0.25, 0.3) is 5.57 Å². The van der Waals surface area contributed by atoms with Gasteiger partial charge in [0.2, 0.25) is 0 Å². The number of anilines is 2. The van der Waals surface area contributed by atoms with Crippen LogP contribution >= 0.6 is 22.9 Å². The molecule has 1 N–H and O–H groups in total. The highest BCUT2D eigenvalue weighted by Gasteiger charge is 2.29. The first-order chi connectivity index (χ1) is 14.3. The van der Waals surface area contributed by atoms with E-state index >= 15 is 0 Å². The number of rotatable bonds is 1. The second kappa shape index (κ2) is 6.82. The molecule has 0 radical (unpaired) electrons. The molecule has 5 rings (SSSR count). The Hall–Kier alpha value is -2.90. The minimum Gasteiger partial charge on any atom is -0.334 e. The Kier molecular flexibility index (Phi) is 4.34. The summed E-state index contributed by atoms with van der Waals surface area (Å²) in [6.45, 7) is 6.68. The van der Waals surface area contributed by atoms with Crippen molar-refractivity contribution in [1.29, 1.82) is 0 Å². The maximum atomic E-state index is 13.3. The number of aryl methyl sites for hydroxylation is 3. The Morgan fingerprint density at radius 1 is 1.10 bits per heavy atom. The highest BCUT2D eigenvalue weighted by atomic mass is 35.5. The quantitative estimate of drug-likeness (QED) is 0.635. The number of amides is 1. The molecule has 0 unspecified atom stereocenters. The number of thiazole rings is 1. The number of carbonyl (C=O) groups excluding carboxylic acids is 1. The molecule has 0 aliphatic carbocycles. The highest BCUT2D eigenvalue weighted by Crippen LogP contribution is 2.33. The van der Waals surface area contributed by atoms with Crippen molar-refractivity contribution >= 4 is 45.8 Å². The van der Waals surface area contributed by atoms with Crippen LogP contribution < -0.4 is 25.1 Å². The Morgan fingerprint density at radius 3 is 2.67 bits per heavy atom. The van der Waals surface area contributed by atoms with Gasteiger partial charge in [0.25, 0.3) is 11.5 Å². The Labute approximate surface area is 181 Å². The molecule has 0 spiro atoms. The summed E-state index contributed by atoms with van der Waals surface area (Å²) >= 11 is 7.55. The second-order valence-electron chi connectivity index (χ2n) is 7.69. The van der Waals surface area contributed by atoms with Gasteiger partial charge in [0.05, 0.1) is 11.3 Å². The molecule has 152 valence electrons. The van der Waals surface area contributed by atoms with Crippen LogP contribution in [0.15, 0.2) is 40.1 Å². The van der Waals surface area contributed by atoms with Crippen molar-refractivity contribution in [2.24, 2.45) is 4.99 Å². The topological polar surface area (TPSA) is 66.7 Å². The van der Waals surface area contributed by atoms with E-state index in [2.05, 4.69) is 10.3 Å². The highest BCUT2D eigenvalue weighted by molar-refractivity contribution is 7.07. The van der Waals surface area contributed by atoms with Gasteiger partial charge in [-0.3, -0.25) is 14.2 Å². The average molecular weight is 439 g/mol. The summed E-state index contributed by atoms with van der Waals surface area (Å²) in [6, 6.07) is 9.79. The largest absolute Gasteiger partial charge is 0.334 e. The minimum absolute atomic E-state index is 0.196. The zero-order valence-corrected chi connectivity index (χ0v) is 18.3. The predicted molar refractivity (Wildman–Crippen MR) is 120 cm³/mol. The first-order valence-electron chi connectivity index (χ1n) is 9.56. The fraction of sp³-hybridized carbons (Fsp3) is 0.227. The van der Waals surface area contributed by atoms with E-state index in [1.807, 2.05) is 56.0 Å². The van der Waals surface area contributed by atoms with Gasteiger partial charge in [-0.25, -0.2) is 4.99 Å². The number of aromatic nitrogens is 1. The number of hydrogen-bond donors (Lipinski definition) is 1. The van der Waals surface area contributed by atoms with Crippen molar-refractivity contribution in [3.05, 3.63) is 77.3 Å². The van der Waals surface area contributed by atoms with Gasteiger partial charge >= 0.3 is 0 Å². The van der Waals surface area contributed by atoms with Crippen LogP contribution in [-0.4, -0.2) is 17.1 Å². The maximum absolute atomic E-state index is 13.3. The third-order valence-electron chi connectivity index (χ3n) is 5.51. The van der Waals surface area contributed by atoms with Gasteiger partial charge < -0.3 is 10.2 Å². The van der Waals surface area contributed by atoms with E-state index in [0.717, 1.165) is 33.6 Å². The first kappa shape index (κ1) is 19.1. The predicted octanol–water partition coefficient (Wildman–Crippen LogP) is 2.69.